The first-order valence-electron chi connectivity index (χ1n) is 6.63. The zero-order chi connectivity index (χ0) is 22.2. The van der Waals surface area contributed by atoms with Crippen LogP contribution in [0.15, 0.2) is 24.3 Å². The number of anilines is 1. The van der Waals surface area contributed by atoms with Crippen molar-refractivity contribution in [2.24, 2.45) is 0 Å². The number of carbonyl (C=O) groups is 1. The average molecular weight is 435 g/mol. The largest absolute Gasteiger partial charge is 0.495 e. The van der Waals surface area contributed by atoms with Crippen LogP contribution in [0.5, 0.6) is 5.75 Å². The summed E-state index contributed by atoms with van der Waals surface area (Å²) in [6.45, 7) is 0. The number of benzene rings is 1. The van der Waals surface area contributed by atoms with Crippen molar-refractivity contribution in [3.05, 3.63) is 24.3 Å². The maximum Gasteiger partial charge on any atom is 0.462 e. The van der Waals surface area contributed by atoms with Crippen molar-refractivity contribution >= 4 is 11.6 Å². The van der Waals surface area contributed by atoms with Crippen molar-refractivity contribution in [3.8, 4) is 5.75 Å². The van der Waals surface area contributed by atoms with E-state index in [1.165, 1.54) is 6.07 Å². The fraction of sp³-hybridized carbons (Fsp3) is 0.462. The summed E-state index contributed by atoms with van der Waals surface area (Å²) >= 11 is 0. The predicted octanol–water partition coefficient (Wildman–Crippen LogP) is 4.67. The van der Waals surface area contributed by atoms with Crippen molar-refractivity contribution in [2.45, 2.75) is 30.2 Å². The number of carbonyl (C=O) groups excluding carboxylic acids is 1. The van der Waals surface area contributed by atoms with Crippen LogP contribution in [0.2, 0.25) is 0 Å². The van der Waals surface area contributed by atoms with Gasteiger partial charge in [-0.2, -0.15) is 48.3 Å². The molecule has 0 bridgehead atoms. The third kappa shape index (κ3) is 4.23. The third-order valence-corrected chi connectivity index (χ3v) is 3.00. The average Bonchev–Trinajstić information content (AvgIpc) is 2.52. The van der Waals surface area contributed by atoms with Crippen molar-refractivity contribution < 1.29 is 62.6 Å². The third-order valence-electron chi connectivity index (χ3n) is 3.00. The second kappa shape index (κ2) is 7.25. The molecule has 160 valence electrons. The van der Waals surface area contributed by atoms with Crippen LogP contribution in [0, 0.1) is 0 Å². The van der Waals surface area contributed by atoms with Crippen LogP contribution in [-0.2, 0) is 9.53 Å². The maximum atomic E-state index is 14.0. The second-order valence-corrected chi connectivity index (χ2v) is 4.94. The lowest BCUT2D eigenvalue weighted by Gasteiger charge is -2.34. The summed E-state index contributed by atoms with van der Waals surface area (Å²) in [5.41, 5.74) is -0.754. The van der Waals surface area contributed by atoms with E-state index in [4.69, 9.17) is 0 Å². The molecule has 1 rings (SSSR count). The van der Waals surface area contributed by atoms with Gasteiger partial charge in [0, 0.05) is 0 Å². The number of alkyl halides is 11. The molecule has 0 saturated carbocycles. The van der Waals surface area contributed by atoms with E-state index in [-0.39, 0.29) is 0 Å². The van der Waals surface area contributed by atoms with E-state index in [2.05, 4.69) is 9.47 Å². The quantitative estimate of drug-likeness (QED) is 0.661. The van der Waals surface area contributed by atoms with Crippen LogP contribution in [0.3, 0.4) is 0 Å². The van der Waals surface area contributed by atoms with Gasteiger partial charge in [-0.25, -0.2) is 0 Å². The first-order valence-corrected chi connectivity index (χ1v) is 6.63. The Balaban J connectivity index is 3.35. The first-order chi connectivity index (χ1) is 12.4. The molecule has 0 aromatic heterocycles. The molecule has 0 saturated heterocycles. The minimum atomic E-state index is -7.26. The van der Waals surface area contributed by atoms with E-state index in [1.807, 2.05) is 0 Å². The van der Waals surface area contributed by atoms with Crippen molar-refractivity contribution in [1.82, 2.24) is 0 Å². The lowest BCUT2D eigenvalue weighted by molar-refractivity contribution is -0.472. The van der Waals surface area contributed by atoms with Gasteiger partial charge in [0.15, 0.2) is 0 Å². The fourth-order valence-corrected chi connectivity index (χ4v) is 1.59. The van der Waals surface area contributed by atoms with Crippen LogP contribution >= 0.6 is 0 Å². The Bertz CT molecular complexity index is 716. The number of hydrogen-bond acceptors (Lipinski definition) is 3. The molecule has 1 N–H and O–H groups in total. The standard InChI is InChI=1S/C13H8F11NO3/c1-27-7-5-3-2-4-6(7)25-8(26)9(14,11(17,18)19)28-13(23,24)10(15,16)12(20,21)22/h2-5H,1H3,(H,25,26)/t9-/m0/s1. The van der Waals surface area contributed by atoms with Crippen LogP contribution in [0.25, 0.3) is 0 Å². The number of ether oxygens (including phenoxy) is 2. The second-order valence-electron chi connectivity index (χ2n) is 4.94. The monoisotopic (exact) mass is 435 g/mol. The van der Waals surface area contributed by atoms with Gasteiger partial charge in [0.05, 0.1) is 12.8 Å². The van der Waals surface area contributed by atoms with E-state index in [0.717, 1.165) is 30.6 Å². The molecule has 1 amide bonds. The summed E-state index contributed by atoms with van der Waals surface area (Å²) < 4.78 is 147. The number of hydrogen-bond donors (Lipinski definition) is 1. The van der Waals surface area contributed by atoms with Gasteiger partial charge >= 0.3 is 30.2 Å². The van der Waals surface area contributed by atoms with E-state index in [1.54, 1.807) is 0 Å². The molecule has 1 atom stereocenters. The van der Waals surface area contributed by atoms with E-state index >= 15 is 0 Å². The summed E-state index contributed by atoms with van der Waals surface area (Å²) in [6.07, 6.45) is -21.0. The molecule has 0 aliphatic heterocycles. The Morgan fingerprint density at radius 1 is 0.857 bits per heavy atom. The summed E-state index contributed by atoms with van der Waals surface area (Å²) in [5.74, 6) is -17.1. The highest BCUT2D eigenvalue weighted by Gasteiger charge is 2.79. The molecule has 0 aliphatic carbocycles. The number of para-hydroxylation sites is 2. The van der Waals surface area contributed by atoms with Gasteiger partial charge in [0.2, 0.25) is 0 Å². The van der Waals surface area contributed by atoms with Crippen molar-refractivity contribution in [2.75, 3.05) is 12.4 Å². The number of amides is 1. The van der Waals surface area contributed by atoms with Crippen LogP contribution < -0.4 is 10.1 Å². The molecule has 0 aliphatic rings. The van der Waals surface area contributed by atoms with E-state index in [9.17, 15) is 53.1 Å². The van der Waals surface area contributed by atoms with Crippen molar-refractivity contribution in [1.29, 1.82) is 0 Å². The lowest BCUT2D eigenvalue weighted by Crippen LogP contribution is -2.62. The minimum Gasteiger partial charge on any atom is -0.495 e. The topological polar surface area (TPSA) is 47.6 Å². The Kier molecular flexibility index (Phi) is 6.14. The summed E-state index contributed by atoms with van der Waals surface area (Å²) in [7, 11) is 0.936. The Morgan fingerprint density at radius 3 is 1.79 bits per heavy atom. The van der Waals surface area contributed by atoms with E-state index < -0.39 is 47.6 Å². The van der Waals surface area contributed by atoms with Gasteiger partial charge in [0.1, 0.15) is 5.75 Å². The Hall–Kier alpha value is -2.32. The molecule has 0 radical (unpaired) electrons. The molecule has 1 aromatic rings. The van der Waals surface area contributed by atoms with Gasteiger partial charge in [-0.3, -0.25) is 9.53 Å². The highest BCUT2D eigenvalue weighted by molar-refractivity contribution is 5.98. The molecule has 15 heteroatoms. The van der Waals surface area contributed by atoms with Crippen LogP contribution in [-0.4, -0.2) is 43.3 Å². The number of nitrogens with one attached hydrogen (secondary N) is 1. The SMILES string of the molecule is COc1ccccc1NC(=O)[C@](F)(OC(F)(F)C(F)(F)C(F)(F)F)C(F)(F)F. The van der Waals surface area contributed by atoms with Gasteiger partial charge in [0.25, 0.3) is 5.91 Å². The molecule has 0 unspecified atom stereocenters. The molecule has 0 fully saturated rings. The van der Waals surface area contributed by atoms with Crippen LogP contribution in [0.1, 0.15) is 0 Å². The summed E-state index contributed by atoms with van der Waals surface area (Å²) in [5, 5.41) is 1.08. The van der Waals surface area contributed by atoms with Gasteiger partial charge in [-0.15, -0.1) is 0 Å². The van der Waals surface area contributed by atoms with E-state index in [0.29, 0.717) is 0 Å². The molecule has 4 nitrogen and oxygen atoms in total. The minimum absolute atomic E-state index is 0.423. The van der Waals surface area contributed by atoms with Gasteiger partial charge < -0.3 is 10.1 Å². The highest BCUT2D eigenvalue weighted by Crippen LogP contribution is 2.51. The first kappa shape index (κ1) is 23.7. The summed E-state index contributed by atoms with van der Waals surface area (Å²) in [4.78, 5) is 11.6. The zero-order valence-corrected chi connectivity index (χ0v) is 13.2. The number of rotatable bonds is 6. The fourth-order valence-electron chi connectivity index (χ4n) is 1.59. The lowest BCUT2D eigenvalue weighted by atomic mass is 10.2. The maximum absolute atomic E-state index is 14.0. The smallest absolute Gasteiger partial charge is 0.462 e. The van der Waals surface area contributed by atoms with Crippen molar-refractivity contribution in [3.63, 3.8) is 0 Å². The Morgan fingerprint density at radius 2 is 1.36 bits per heavy atom. The molecular formula is C13H8F11NO3. The highest BCUT2D eigenvalue weighted by atomic mass is 19.4. The van der Waals surface area contributed by atoms with Gasteiger partial charge in [-0.05, 0) is 12.1 Å². The molecule has 1 aromatic carbocycles. The van der Waals surface area contributed by atoms with Gasteiger partial charge in [-0.1, -0.05) is 12.1 Å². The van der Waals surface area contributed by atoms with Crippen LogP contribution in [0.4, 0.5) is 54.0 Å². The predicted molar refractivity (Wildman–Crippen MR) is 68.6 cm³/mol. The molecule has 0 heterocycles. The number of methoxy groups -OCH3 is 1. The molecule has 0 spiro atoms. The molecular weight excluding hydrogens is 427 g/mol. The normalized spacial score (nSPS) is 15.7. The Labute approximate surface area is 148 Å². The summed E-state index contributed by atoms with van der Waals surface area (Å²) in [6, 6.07) is 4.07. The number of halogens is 11. The molecule has 28 heavy (non-hydrogen) atoms. The zero-order valence-electron chi connectivity index (χ0n) is 13.2.